The maximum atomic E-state index is 13.5. The first-order valence-corrected chi connectivity index (χ1v) is 10.5. The van der Waals surface area contributed by atoms with Crippen LogP contribution in [0.25, 0.3) is 10.9 Å². The third kappa shape index (κ3) is 3.13. The summed E-state index contributed by atoms with van der Waals surface area (Å²) >= 11 is 0. The molecule has 0 radical (unpaired) electrons. The van der Waals surface area contributed by atoms with Crippen LogP contribution < -0.4 is 0 Å². The smallest absolute Gasteiger partial charge is 0.243 e. The summed E-state index contributed by atoms with van der Waals surface area (Å²) < 4.78 is 28.5. The molecule has 8 heteroatoms. The number of aryl methyl sites for hydroxylation is 1. The van der Waals surface area contributed by atoms with Crippen LogP contribution in [0.15, 0.2) is 47.8 Å². The van der Waals surface area contributed by atoms with E-state index in [1.165, 1.54) is 0 Å². The van der Waals surface area contributed by atoms with Gasteiger partial charge < -0.3 is 4.98 Å². The van der Waals surface area contributed by atoms with Gasteiger partial charge in [-0.3, -0.25) is 9.88 Å². The van der Waals surface area contributed by atoms with E-state index in [-0.39, 0.29) is 6.04 Å². The minimum absolute atomic E-state index is 0.0802. The first kappa shape index (κ1) is 18.1. The number of imidazole rings is 1. The fourth-order valence-electron chi connectivity index (χ4n) is 3.76. The number of likely N-dealkylation sites (N-methyl/N-ethyl adjacent to an activating group) is 1. The van der Waals surface area contributed by atoms with E-state index in [2.05, 4.69) is 26.8 Å². The molecule has 7 nitrogen and oxygen atoms in total. The van der Waals surface area contributed by atoms with Crippen molar-refractivity contribution < 1.29 is 8.42 Å². The molecule has 1 N–H and O–H groups in total. The van der Waals surface area contributed by atoms with Crippen molar-refractivity contribution in [3.63, 3.8) is 0 Å². The van der Waals surface area contributed by atoms with Gasteiger partial charge in [-0.05, 0) is 37.2 Å². The number of H-pyrrole nitrogens is 1. The lowest BCUT2D eigenvalue weighted by atomic mass is 10.1. The summed E-state index contributed by atoms with van der Waals surface area (Å²) in [5.41, 5.74) is 1.70. The van der Waals surface area contributed by atoms with E-state index < -0.39 is 10.0 Å². The van der Waals surface area contributed by atoms with Gasteiger partial charge in [-0.25, -0.2) is 13.4 Å². The molecular weight excluding hydrogens is 362 g/mol. The second-order valence-electron chi connectivity index (χ2n) is 6.76. The van der Waals surface area contributed by atoms with Gasteiger partial charge in [-0.15, -0.1) is 0 Å². The highest BCUT2D eigenvalue weighted by atomic mass is 32.2. The Morgan fingerprint density at radius 1 is 1.19 bits per heavy atom. The van der Waals surface area contributed by atoms with Gasteiger partial charge in [0.2, 0.25) is 10.0 Å². The molecule has 1 aromatic carbocycles. The molecule has 0 saturated carbocycles. The molecule has 1 atom stereocenters. The van der Waals surface area contributed by atoms with Gasteiger partial charge in [0.25, 0.3) is 0 Å². The van der Waals surface area contributed by atoms with Crippen LogP contribution in [0, 0.1) is 6.92 Å². The van der Waals surface area contributed by atoms with Crippen LogP contribution in [-0.4, -0.2) is 58.8 Å². The summed E-state index contributed by atoms with van der Waals surface area (Å²) in [4.78, 5) is 14.4. The van der Waals surface area contributed by atoms with Gasteiger partial charge in [0.1, 0.15) is 5.82 Å². The Balaban J connectivity index is 1.74. The van der Waals surface area contributed by atoms with Crippen molar-refractivity contribution in [3.05, 3.63) is 54.2 Å². The Hall–Kier alpha value is -2.29. The fraction of sp³-hybridized carbons (Fsp3) is 0.368. The van der Waals surface area contributed by atoms with Crippen LogP contribution in [0.2, 0.25) is 0 Å². The number of benzene rings is 1. The highest BCUT2D eigenvalue weighted by Crippen LogP contribution is 2.30. The molecule has 1 aliphatic heterocycles. The molecule has 4 rings (SSSR count). The maximum absolute atomic E-state index is 13.5. The Labute approximate surface area is 159 Å². The highest BCUT2D eigenvalue weighted by molar-refractivity contribution is 7.89. The van der Waals surface area contributed by atoms with Gasteiger partial charge in [0.05, 0.1) is 16.5 Å². The number of sulfonamides is 1. The molecule has 1 fully saturated rings. The second kappa shape index (κ2) is 7.03. The molecule has 142 valence electrons. The quantitative estimate of drug-likeness (QED) is 0.745. The minimum Gasteiger partial charge on any atom is -0.347 e. The van der Waals surface area contributed by atoms with Crippen LogP contribution >= 0.6 is 0 Å². The summed E-state index contributed by atoms with van der Waals surface area (Å²) in [6, 6.07) is 7.05. The molecule has 0 spiro atoms. The van der Waals surface area contributed by atoms with E-state index >= 15 is 0 Å². The lowest BCUT2D eigenvalue weighted by Crippen LogP contribution is -2.50. The van der Waals surface area contributed by atoms with Gasteiger partial charge in [-0.2, -0.15) is 4.31 Å². The average molecular weight is 385 g/mol. The number of aromatic nitrogens is 3. The number of hydrogen-bond acceptors (Lipinski definition) is 5. The van der Waals surface area contributed by atoms with Crippen LogP contribution in [0.1, 0.15) is 24.4 Å². The molecular formula is C19H23N5O2S. The van der Waals surface area contributed by atoms with Crippen LogP contribution in [0.4, 0.5) is 0 Å². The SMILES string of the molecule is CCN1CCN(S(=O)(=O)c2ccc(C)c3ncccc23)CC1c1ncc[nH]1. The van der Waals surface area contributed by atoms with Crippen molar-refractivity contribution in [1.82, 2.24) is 24.2 Å². The topological polar surface area (TPSA) is 82.2 Å². The maximum Gasteiger partial charge on any atom is 0.243 e. The van der Waals surface area contributed by atoms with Crippen LogP contribution in [0.3, 0.4) is 0 Å². The van der Waals surface area contributed by atoms with Crippen molar-refractivity contribution in [2.75, 3.05) is 26.2 Å². The Bertz CT molecular complexity index is 1050. The van der Waals surface area contributed by atoms with Crippen molar-refractivity contribution in [2.24, 2.45) is 0 Å². The first-order chi connectivity index (χ1) is 13.0. The molecule has 3 heterocycles. The summed E-state index contributed by atoms with van der Waals surface area (Å²) in [7, 11) is -3.64. The zero-order chi connectivity index (χ0) is 19.0. The molecule has 0 bridgehead atoms. The van der Waals surface area contributed by atoms with E-state index in [0.717, 1.165) is 23.4 Å². The van der Waals surface area contributed by atoms with E-state index in [0.29, 0.717) is 29.9 Å². The zero-order valence-electron chi connectivity index (χ0n) is 15.5. The number of pyridine rings is 1. The van der Waals surface area contributed by atoms with Crippen molar-refractivity contribution in [2.45, 2.75) is 24.8 Å². The van der Waals surface area contributed by atoms with E-state index in [1.54, 1.807) is 35.0 Å². The van der Waals surface area contributed by atoms with Crippen molar-refractivity contribution in [3.8, 4) is 0 Å². The molecule has 0 amide bonds. The van der Waals surface area contributed by atoms with E-state index in [4.69, 9.17) is 0 Å². The van der Waals surface area contributed by atoms with Crippen molar-refractivity contribution in [1.29, 1.82) is 0 Å². The monoisotopic (exact) mass is 385 g/mol. The van der Waals surface area contributed by atoms with Gasteiger partial charge in [0, 0.05) is 43.6 Å². The van der Waals surface area contributed by atoms with E-state index in [1.807, 2.05) is 19.1 Å². The normalized spacial score (nSPS) is 19.6. The Kier molecular flexibility index (Phi) is 4.71. The zero-order valence-corrected chi connectivity index (χ0v) is 16.3. The Morgan fingerprint density at radius 3 is 2.78 bits per heavy atom. The summed E-state index contributed by atoms with van der Waals surface area (Å²) in [6.45, 7) is 6.38. The molecule has 2 aromatic heterocycles. The first-order valence-electron chi connectivity index (χ1n) is 9.10. The predicted molar refractivity (Wildman–Crippen MR) is 104 cm³/mol. The highest BCUT2D eigenvalue weighted by Gasteiger charge is 2.36. The molecule has 0 aliphatic carbocycles. The average Bonchev–Trinajstić information content (AvgIpc) is 3.22. The molecule has 1 saturated heterocycles. The summed E-state index contributed by atoms with van der Waals surface area (Å²) in [6.07, 6.45) is 5.17. The lowest BCUT2D eigenvalue weighted by molar-refractivity contribution is 0.119. The molecule has 27 heavy (non-hydrogen) atoms. The molecule has 1 aliphatic rings. The molecule has 1 unspecified atom stereocenters. The van der Waals surface area contributed by atoms with Crippen LogP contribution in [-0.2, 0) is 10.0 Å². The fourth-order valence-corrected chi connectivity index (χ4v) is 5.38. The predicted octanol–water partition coefficient (Wildman–Crippen LogP) is 2.33. The number of fused-ring (bicyclic) bond motifs is 1. The largest absolute Gasteiger partial charge is 0.347 e. The third-order valence-corrected chi connectivity index (χ3v) is 7.17. The van der Waals surface area contributed by atoms with Gasteiger partial charge in [0.15, 0.2) is 0 Å². The third-order valence-electron chi connectivity index (χ3n) is 5.24. The number of rotatable bonds is 4. The number of aromatic amines is 1. The standard InChI is InChI=1S/C19H23N5O2S/c1-3-23-11-12-24(13-16(23)19-21-9-10-22-19)27(25,26)17-7-6-14(2)18-15(17)5-4-8-20-18/h4-10,16H,3,11-13H2,1-2H3,(H,21,22). The van der Waals surface area contributed by atoms with Crippen molar-refractivity contribution >= 4 is 20.9 Å². The van der Waals surface area contributed by atoms with Gasteiger partial charge in [-0.1, -0.05) is 13.0 Å². The summed E-state index contributed by atoms with van der Waals surface area (Å²) in [5.74, 6) is 0.798. The Morgan fingerprint density at radius 2 is 2.04 bits per heavy atom. The lowest BCUT2D eigenvalue weighted by Gasteiger charge is -2.39. The minimum atomic E-state index is -3.64. The van der Waals surface area contributed by atoms with E-state index in [9.17, 15) is 8.42 Å². The number of nitrogens with one attached hydrogen (secondary N) is 1. The number of hydrogen-bond donors (Lipinski definition) is 1. The van der Waals surface area contributed by atoms with Gasteiger partial charge >= 0.3 is 0 Å². The molecule has 3 aromatic rings. The summed E-state index contributed by atoms with van der Waals surface area (Å²) in [5, 5.41) is 0.671. The number of piperazine rings is 1. The second-order valence-corrected chi connectivity index (χ2v) is 8.67. The number of nitrogens with zero attached hydrogens (tertiary/aromatic N) is 4. The van der Waals surface area contributed by atoms with Crippen LogP contribution in [0.5, 0.6) is 0 Å².